The van der Waals surface area contributed by atoms with Crippen molar-refractivity contribution in [3.63, 3.8) is 0 Å². The van der Waals surface area contributed by atoms with Gasteiger partial charge in [0.15, 0.2) is 0 Å². The molecular formula is C13H27ClN2OS. The first-order valence-electron chi connectivity index (χ1n) is 6.59. The lowest BCUT2D eigenvalue weighted by Gasteiger charge is -2.35. The maximum absolute atomic E-state index is 12.1. The molecule has 1 atom stereocenters. The molecule has 0 bridgehead atoms. The summed E-state index contributed by atoms with van der Waals surface area (Å²) in [7, 11) is 0. The molecule has 0 spiro atoms. The van der Waals surface area contributed by atoms with Crippen molar-refractivity contribution in [3.8, 4) is 0 Å². The summed E-state index contributed by atoms with van der Waals surface area (Å²) in [5, 5.41) is 0. The van der Waals surface area contributed by atoms with E-state index in [4.69, 9.17) is 5.73 Å². The summed E-state index contributed by atoms with van der Waals surface area (Å²) in [5.74, 6) is 2.63. The molecule has 0 aromatic rings. The number of piperidine rings is 1. The Hall–Kier alpha value is 0.0700. The van der Waals surface area contributed by atoms with Crippen LogP contribution in [0.15, 0.2) is 0 Å². The minimum atomic E-state index is -0.293. The van der Waals surface area contributed by atoms with E-state index in [0.29, 0.717) is 0 Å². The maximum atomic E-state index is 12.1. The number of rotatable bonds is 5. The zero-order valence-corrected chi connectivity index (χ0v) is 13.4. The number of carbonyl (C=O) groups is 1. The first-order valence-corrected chi connectivity index (χ1v) is 7.99. The SMILES string of the molecule is CSCC[C@H](N)C(=O)N1CCC(C(C)C)CC1.Cl. The molecule has 1 amide bonds. The van der Waals surface area contributed by atoms with Crippen molar-refractivity contribution in [1.29, 1.82) is 0 Å². The number of nitrogens with two attached hydrogens (primary N) is 1. The van der Waals surface area contributed by atoms with Crippen molar-refractivity contribution >= 4 is 30.1 Å². The van der Waals surface area contributed by atoms with E-state index >= 15 is 0 Å². The molecule has 18 heavy (non-hydrogen) atoms. The van der Waals surface area contributed by atoms with Crippen LogP contribution in [0.25, 0.3) is 0 Å². The van der Waals surface area contributed by atoms with E-state index in [9.17, 15) is 4.79 Å². The highest BCUT2D eigenvalue weighted by Gasteiger charge is 2.27. The number of likely N-dealkylation sites (tertiary alicyclic amines) is 1. The molecule has 2 N–H and O–H groups in total. The van der Waals surface area contributed by atoms with Gasteiger partial charge in [0.2, 0.25) is 5.91 Å². The van der Waals surface area contributed by atoms with Gasteiger partial charge in [-0.25, -0.2) is 0 Å². The van der Waals surface area contributed by atoms with Crippen LogP contribution in [0.4, 0.5) is 0 Å². The van der Waals surface area contributed by atoms with E-state index in [1.54, 1.807) is 11.8 Å². The van der Waals surface area contributed by atoms with Crippen molar-refractivity contribution in [2.75, 3.05) is 25.1 Å². The van der Waals surface area contributed by atoms with Gasteiger partial charge in [-0.15, -0.1) is 12.4 Å². The highest BCUT2D eigenvalue weighted by molar-refractivity contribution is 7.98. The van der Waals surface area contributed by atoms with Crippen molar-refractivity contribution in [3.05, 3.63) is 0 Å². The molecule has 0 radical (unpaired) electrons. The maximum Gasteiger partial charge on any atom is 0.239 e. The van der Waals surface area contributed by atoms with Gasteiger partial charge < -0.3 is 10.6 Å². The molecule has 0 aromatic carbocycles. The zero-order chi connectivity index (χ0) is 12.8. The lowest BCUT2D eigenvalue weighted by molar-refractivity contribution is -0.134. The van der Waals surface area contributed by atoms with Gasteiger partial charge in [-0.05, 0) is 43.1 Å². The third-order valence-corrected chi connectivity index (χ3v) is 4.39. The smallest absolute Gasteiger partial charge is 0.239 e. The quantitative estimate of drug-likeness (QED) is 0.847. The van der Waals surface area contributed by atoms with Crippen LogP contribution in [0.3, 0.4) is 0 Å². The number of amides is 1. The van der Waals surface area contributed by atoms with Crippen LogP contribution in [-0.2, 0) is 4.79 Å². The largest absolute Gasteiger partial charge is 0.341 e. The first-order chi connectivity index (χ1) is 8.06. The second-order valence-corrected chi connectivity index (χ2v) is 6.28. The average Bonchev–Trinajstić information content (AvgIpc) is 2.35. The fourth-order valence-corrected chi connectivity index (χ4v) is 2.88. The average molecular weight is 295 g/mol. The van der Waals surface area contributed by atoms with Gasteiger partial charge in [0.25, 0.3) is 0 Å². The third-order valence-electron chi connectivity index (χ3n) is 3.74. The fourth-order valence-electron chi connectivity index (χ4n) is 2.39. The van der Waals surface area contributed by atoms with Crippen LogP contribution in [0, 0.1) is 11.8 Å². The molecular weight excluding hydrogens is 268 g/mol. The highest BCUT2D eigenvalue weighted by atomic mass is 35.5. The minimum Gasteiger partial charge on any atom is -0.341 e. The minimum absolute atomic E-state index is 0. The number of carbonyl (C=O) groups excluding carboxylic acids is 1. The molecule has 0 unspecified atom stereocenters. The second-order valence-electron chi connectivity index (χ2n) is 5.29. The molecule has 1 heterocycles. The van der Waals surface area contributed by atoms with Gasteiger partial charge in [-0.1, -0.05) is 13.8 Å². The summed E-state index contributed by atoms with van der Waals surface area (Å²) in [6.45, 7) is 6.34. The lowest BCUT2D eigenvalue weighted by atomic mass is 9.86. The summed E-state index contributed by atoms with van der Waals surface area (Å²) in [5.41, 5.74) is 5.92. The molecule has 1 saturated heterocycles. The van der Waals surface area contributed by atoms with Crippen LogP contribution in [0.1, 0.15) is 33.1 Å². The van der Waals surface area contributed by atoms with Crippen LogP contribution < -0.4 is 5.73 Å². The fraction of sp³-hybridized carbons (Fsp3) is 0.923. The number of halogens is 1. The number of thioether (sulfide) groups is 1. The van der Waals surface area contributed by atoms with Gasteiger partial charge in [0, 0.05) is 13.1 Å². The molecule has 1 rings (SSSR count). The summed E-state index contributed by atoms with van der Waals surface area (Å²) in [6.07, 6.45) is 5.12. The van der Waals surface area contributed by atoms with Crippen LogP contribution in [0.5, 0.6) is 0 Å². The number of hydrogen-bond donors (Lipinski definition) is 1. The number of nitrogens with zero attached hydrogens (tertiary/aromatic N) is 1. The van der Waals surface area contributed by atoms with Gasteiger partial charge in [-0.2, -0.15) is 11.8 Å². The molecule has 3 nitrogen and oxygen atoms in total. The monoisotopic (exact) mass is 294 g/mol. The van der Waals surface area contributed by atoms with Crippen molar-refractivity contribution in [2.45, 2.75) is 39.2 Å². The lowest BCUT2D eigenvalue weighted by Crippen LogP contribution is -2.47. The standard InChI is InChI=1S/C13H26N2OS.ClH/c1-10(2)11-4-7-15(8-5-11)13(16)12(14)6-9-17-3;/h10-12H,4-9,14H2,1-3H3;1H/t12-;/m0./s1. The van der Waals surface area contributed by atoms with Gasteiger partial charge in [0.1, 0.15) is 0 Å². The predicted molar refractivity (Wildman–Crippen MR) is 82.4 cm³/mol. The topological polar surface area (TPSA) is 46.3 Å². The Bertz CT molecular complexity index is 243. The molecule has 0 saturated carbocycles. The van der Waals surface area contributed by atoms with E-state index in [1.165, 1.54) is 0 Å². The van der Waals surface area contributed by atoms with Gasteiger partial charge in [-0.3, -0.25) is 4.79 Å². The Labute approximate surface area is 122 Å². The van der Waals surface area contributed by atoms with E-state index in [1.807, 2.05) is 11.2 Å². The molecule has 108 valence electrons. The van der Waals surface area contributed by atoms with E-state index in [2.05, 4.69) is 13.8 Å². The highest BCUT2D eigenvalue weighted by Crippen LogP contribution is 2.24. The Morgan fingerprint density at radius 3 is 2.39 bits per heavy atom. The molecule has 0 aromatic heterocycles. The first kappa shape index (κ1) is 18.1. The Morgan fingerprint density at radius 2 is 1.94 bits per heavy atom. The second kappa shape index (κ2) is 9.05. The molecule has 0 aliphatic carbocycles. The summed E-state index contributed by atoms with van der Waals surface area (Å²) >= 11 is 1.75. The van der Waals surface area contributed by atoms with Crippen molar-refractivity contribution in [1.82, 2.24) is 4.90 Å². The van der Waals surface area contributed by atoms with Crippen molar-refractivity contribution in [2.24, 2.45) is 17.6 Å². The normalized spacial score (nSPS) is 18.6. The van der Waals surface area contributed by atoms with Gasteiger partial charge >= 0.3 is 0 Å². The number of hydrogen-bond acceptors (Lipinski definition) is 3. The summed E-state index contributed by atoms with van der Waals surface area (Å²) in [6, 6.07) is -0.293. The predicted octanol–water partition coefficient (Wildman–Crippen LogP) is 2.38. The zero-order valence-electron chi connectivity index (χ0n) is 11.7. The van der Waals surface area contributed by atoms with Gasteiger partial charge in [0.05, 0.1) is 6.04 Å². The summed E-state index contributed by atoms with van der Waals surface area (Å²) < 4.78 is 0. The molecule has 1 aliphatic heterocycles. The molecule has 1 aliphatic rings. The van der Waals surface area contributed by atoms with E-state index in [0.717, 1.165) is 49.9 Å². The van der Waals surface area contributed by atoms with Crippen molar-refractivity contribution < 1.29 is 4.79 Å². The molecule has 5 heteroatoms. The third kappa shape index (κ3) is 5.37. The van der Waals surface area contributed by atoms with E-state index < -0.39 is 0 Å². The van der Waals surface area contributed by atoms with E-state index in [-0.39, 0.29) is 24.4 Å². The Morgan fingerprint density at radius 1 is 1.39 bits per heavy atom. The molecule has 1 fully saturated rings. The Balaban J connectivity index is 0.00000289. The van der Waals surface area contributed by atoms with Crippen LogP contribution in [-0.4, -0.2) is 41.9 Å². The Kier molecular flexibility index (Phi) is 9.09. The van der Waals surface area contributed by atoms with Crippen LogP contribution in [0.2, 0.25) is 0 Å². The summed E-state index contributed by atoms with van der Waals surface area (Å²) in [4.78, 5) is 14.0. The van der Waals surface area contributed by atoms with Crippen LogP contribution >= 0.6 is 24.2 Å².